The summed E-state index contributed by atoms with van der Waals surface area (Å²) in [6.07, 6.45) is 0.961. The number of benzene rings is 1. The first-order valence-corrected chi connectivity index (χ1v) is 5.62. The van der Waals surface area contributed by atoms with Crippen LogP contribution in [0.4, 0.5) is 0 Å². The van der Waals surface area contributed by atoms with Crippen molar-refractivity contribution in [3.05, 3.63) is 59.8 Å². The molecule has 0 radical (unpaired) electrons. The van der Waals surface area contributed by atoms with Crippen molar-refractivity contribution in [2.45, 2.75) is 33.2 Å². The van der Waals surface area contributed by atoms with Gasteiger partial charge in [-0.3, -0.25) is 0 Å². The van der Waals surface area contributed by atoms with Gasteiger partial charge in [-0.05, 0) is 32.8 Å². The average Bonchev–Trinajstić information content (AvgIpc) is 2.19. The summed E-state index contributed by atoms with van der Waals surface area (Å²) >= 11 is 0. The molecule has 0 aromatic heterocycles. The van der Waals surface area contributed by atoms with Gasteiger partial charge in [-0.25, -0.2) is 0 Å². The Bertz CT molecular complexity index is 373. The fourth-order valence-corrected chi connectivity index (χ4v) is 1.61. The van der Waals surface area contributed by atoms with Crippen LogP contribution in [0.5, 0.6) is 0 Å². The fraction of sp³-hybridized carbons (Fsp3) is 0.333. The Labute approximate surface area is 98.9 Å². The van der Waals surface area contributed by atoms with E-state index in [1.165, 1.54) is 11.1 Å². The lowest BCUT2D eigenvalue weighted by Crippen LogP contribution is -2.30. The van der Waals surface area contributed by atoms with Crippen molar-refractivity contribution in [3.8, 4) is 0 Å². The molecule has 0 saturated heterocycles. The number of rotatable bonds is 5. The van der Waals surface area contributed by atoms with Crippen molar-refractivity contribution in [3.63, 3.8) is 0 Å². The number of hydrogen-bond acceptors (Lipinski definition) is 1. The highest BCUT2D eigenvalue weighted by molar-refractivity contribution is 5.24. The predicted octanol–water partition coefficient (Wildman–Crippen LogP) is 3.61. The quantitative estimate of drug-likeness (QED) is 0.740. The molecule has 0 aliphatic carbocycles. The Morgan fingerprint density at radius 3 is 2.19 bits per heavy atom. The number of allylic oxidation sites excluding steroid dienone is 1. The van der Waals surface area contributed by atoms with E-state index < -0.39 is 0 Å². The third-order valence-electron chi connectivity index (χ3n) is 2.58. The van der Waals surface area contributed by atoms with Crippen LogP contribution in [0.3, 0.4) is 0 Å². The highest BCUT2D eigenvalue weighted by Gasteiger charge is 2.09. The van der Waals surface area contributed by atoms with Gasteiger partial charge < -0.3 is 5.32 Å². The van der Waals surface area contributed by atoms with Gasteiger partial charge in [-0.15, -0.1) is 0 Å². The molecule has 0 aliphatic rings. The summed E-state index contributed by atoms with van der Waals surface area (Å²) in [5, 5.41) is 3.35. The standard InChI is InChI=1S/C15H21N/c1-11(2)15(16-12(3)4)10-14-8-6-13(5)7-9-14/h6-9,15-16H,1,3,10H2,2,4-5H3. The van der Waals surface area contributed by atoms with Crippen LogP contribution in [0.25, 0.3) is 0 Å². The molecule has 1 nitrogen and oxygen atoms in total. The summed E-state index contributed by atoms with van der Waals surface area (Å²) in [4.78, 5) is 0. The minimum absolute atomic E-state index is 0.278. The van der Waals surface area contributed by atoms with E-state index in [0.29, 0.717) is 0 Å². The van der Waals surface area contributed by atoms with Gasteiger partial charge in [0.25, 0.3) is 0 Å². The molecule has 0 saturated carbocycles. The molecule has 0 bridgehead atoms. The van der Waals surface area contributed by atoms with E-state index in [1.807, 2.05) is 6.92 Å². The van der Waals surface area contributed by atoms with Gasteiger partial charge >= 0.3 is 0 Å². The van der Waals surface area contributed by atoms with E-state index in [0.717, 1.165) is 17.7 Å². The maximum Gasteiger partial charge on any atom is 0.0505 e. The molecule has 1 atom stereocenters. The van der Waals surface area contributed by atoms with Crippen molar-refractivity contribution in [2.75, 3.05) is 0 Å². The summed E-state index contributed by atoms with van der Waals surface area (Å²) in [6, 6.07) is 8.91. The molecule has 1 N–H and O–H groups in total. The summed E-state index contributed by atoms with van der Waals surface area (Å²) in [5.74, 6) is 0. The Balaban J connectivity index is 2.71. The molecule has 1 rings (SSSR count). The largest absolute Gasteiger partial charge is 0.382 e. The molecular formula is C15H21N. The second-order valence-electron chi connectivity index (χ2n) is 4.51. The lowest BCUT2D eigenvalue weighted by molar-refractivity contribution is 0.637. The minimum Gasteiger partial charge on any atom is -0.382 e. The average molecular weight is 215 g/mol. The van der Waals surface area contributed by atoms with Gasteiger partial charge in [-0.2, -0.15) is 0 Å². The first kappa shape index (κ1) is 12.6. The van der Waals surface area contributed by atoms with Crippen LogP contribution < -0.4 is 5.32 Å². The Morgan fingerprint density at radius 2 is 1.75 bits per heavy atom. The van der Waals surface area contributed by atoms with Crippen molar-refractivity contribution < 1.29 is 0 Å². The Kier molecular flexibility index (Phi) is 4.36. The number of hydrogen-bond donors (Lipinski definition) is 1. The zero-order valence-corrected chi connectivity index (χ0v) is 10.5. The molecule has 16 heavy (non-hydrogen) atoms. The van der Waals surface area contributed by atoms with Crippen LogP contribution in [0.2, 0.25) is 0 Å². The summed E-state index contributed by atoms with van der Waals surface area (Å²) in [5.41, 5.74) is 4.75. The van der Waals surface area contributed by atoms with Gasteiger partial charge in [0.05, 0.1) is 6.04 Å². The van der Waals surface area contributed by atoms with Crippen LogP contribution in [0.1, 0.15) is 25.0 Å². The van der Waals surface area contributed by atoms with Crippen LogP contribution in [-0.4, -0.2) is 6.04 Å². The van der Waals surface area contributed by atoms with Gasteiger partial charge in [-0.1, -0.05) is 48.6 Å². The molecule has 0 heterocycles. The first-order valence-electron chi connectivity index (χ1n) is 5.62. The molecule has 1 aromatic carbocycles. The molecule has 1 heteroatoms. The number of aryl methyl sites for hydroxylation is 1. The molecule has 1 unspecified atom stereocenters. The topological polar surface area (TPSA) is 12.0 Å². The van der Waals surface area contributed by atoms with E-state index in [9.17, 15) is 0 Å². The molecule has 0 aliphatic heterocycles. The van der Waals surface area contributed by atoms with E-state index in [2.05, 4.69) is 56.6 Å². The molecule has 0 amide bonds. The second kappa shape index (κ2) is 5.55. The Hall–Kier alpha value is -1.50. The van der Waals surface area contributed by atoms with E-state index in [4.69, 9.17) is 0 Å². The van der Waals surface area contributed by atoms with Crippen molar-refractivity contribution in [1.82, 2.24) is 5.32 Å². The lowest BCUT2D eigenvalue weighted by Gasteiger charge is -2.20. The summed E-state index contributed by atoms with van der Waals surface area (Å²) in [6.45, 7) is 14.0. The summed E-state index contributed by atoms with van der Waals surface area (Å²) < 4.78 is 0. The van der Waals surface area contributed by atoms with E-state index in [1.54, 1.807) is 0 Å². The third-order valence-corrected chi connectivity index (χ3v) is 2.58. The molecule has 0 spiro atoms. The SMILES string of the molecule is C=C(C)NC(Cc1ccc(C)cc1)C(=C)C. The fourth-order valence-electron chi connectivity index (χ4n) is 1.61. The van der Waals surface area contributed by atoms with Crippen molar-refractivity contribution >= 4 is 0 Å². The van der Waals surface area contributed by atoms with Crippen molar-refractivity contribution in [1.29, 1.82) is 0 Å². The van der Waals surface area contributed by atoms with Gasteiger partial charge in [0.2, 0.25) is 0 Å². The molecule has 86 valence electrons. The molecule has 0 fully saturated rings. The zero-order valence-electron chi connectivity index (χ0n) is 10.5. The smallest absolute Gasteiger partial charge is 0.0505 e. The first-order chi connectivity index (χ1) is 7.49. The lowest BCUT2D eigenvalue weighted by atomic mass is 10.00. The molecular weight excluding hydrogens is 194 g/mol. The van der Waals surface area contributed by atoms with Crippen molar-refractivity contribution in [2.24, 2.45) is 0 Å². The van der Waals surface area contributed by atoms with Gasteiger partial charge in [0.1, 0.15) is 0 Å². The van der Waals surface area contributed by atoms with E-state index in [-0.39, 0.29) is 6.04 Å². The van der Waals surface area contributed by atoms with E-state index >= 15 is 0 Å². The second-order valence-corrected chi connectivity index (χ2v) is 4.51. The van der Waals surface area contributed by atoms with Crippen LogP contribution in [0.15, 0.2) is 48.7 Å². The zero-order chi connectivity index (χ0) is 12.1. The maximum absolute atomic E-state index is 4.02. The highest BCUT2D eigenvalue weighted by atomic mass is 14.9. The van der Waals surface area contributed by atoms with Crippen LogP contribution >= 0.6 is 0 Å². The normalized spacial score (nSPS) is 11.9. The summed E-state index contributed by atoms with van der Waals surface area (Å²) in [7, 11) is 0. The van der Waals surface area contributed by atoms with Crippen LogP contribution in [-0.2, 0) is 6.42 Å². The maximum atomic E-state index is 4.02. The van der Waals surface area contributed by atoms with Gasteiger partial charge in [0, 0.05) is 5.70 Å². The molecule has 1 aromatic rings. The Morgan fingerprint density at radius 1 is 1.19 bits per heavy atom. The predicted molar refractivity (Wildman–Crippen MR) is 71.4 cm³/mol. The monoisotopic (exact) mass is 215 g/mol. The third kappa shape index (κ3) is 3.93. The minimum atomic E-state index is 0.278. The number of nitrogens with one attached hydrogen (secondary N) is 1. The van der Waals surface area contributed by atoms with Gasteiger partial charge in [0.15, 0.2) is 0 Å². The van der Waals surface area contributed by atoms with Crippen LogP contribution in [0, 0.1) is 6.92 Å². The highest BCUT2D eigenvalue weighted by Crippen LogP contribution is 2.11.